The molecule has 4 aromatic rings. The molecule has 0 fully saturated rings. The molecule has 0 saturated carbocycles. The Morgan fingerprint density at radius 3 is 2.58 bits per heavy atom. The van der Waals surface area contributed by atoms with Crippen LogP contribution in [0.5, 0.6) is 0 Å². The molecule has 6 heteroatoms. The number of carbonyl (C=O) groups is 2. The first kappa shape index (κ1) is 21.3. The van der Waals surface area contributed by atoms with Gasteiger partial charge in [0.15, 0.2) is 11.6 Å². The molecule has 0 bridgehead atoms. The fourth-order valence-electron chi connectivity index (χ4n) is 4.36. The molecule has 0 unspecified atom stereocenters. The minimum absolute atomic E-state index is 0.0250. The molecular weight excluding hydrogens is 406 g/mol. The average Bonchev–Trinajstić information content (AvgIpc) is 3.47. The zero-order valence-electron chi connectivity index (χ0n) is 18.2. The Kier molecular flexibility index (Phi) is 5.94. The zero-order chi connectivity index (χ0) is 22.1. The highest BCUT2D eigenvalue weighted by molar-refractivity contribution is 7.10. The van der Waals surface area contributed by atoms with Gasteiger partial charge in [0.05, 0.1) is 11.7 Å². The van der Waals surface area contributed by atoms with Crippen LogP contribution in [0.2, 0.25) is 0 Å². The molecule has 0 saturated heterocycles. The van der Waals surface area contributed by atoms with Gasteiger partial charge in [0.25, 0.3) is 0 Å². The maximum atomic E-state index is 13.1. The number of aromatic nitrogens is 2. The topological polar surface area (TPSA) is 77.8 Å². The first-order valence-corrected chi connectivity index (χ1v) is 11.3. The Morgan fingerprint density at radius 2 is 1.90 bits per heavy atom. The lowest BCUT2D eigenvalue weighted by atomic mass is 9.96. The van der Waals surface area contributed by atoms with Crippen LogP contribution in [0, 0.1) is 13.8 Å². The number of carbonyl (C=O) groups excluding carboxylic acids is 2. The summed E-state index contributed by atoms with van der Waals surface area (Å²) in [6.07, 6.45) is 2.07. The van der Waals surface area contributed by atoms with Crippen LogP contribution in [0.15, 0.2) is 48.0 Å². The van der Waals surface area contributed by atoms with Crippen molar-refractivity contribution in [2.45, 2.75) is 39.7 Å². The fourth-order valence-corrected chi connectivity index (χ4v) is 5.21. The van der Waals surface area contributed by atoms with Gasteiger partial charge in [-0.3, -0.25) is 9.59 Å². The highest BCUT2D eigenvalue weighted by Crippen LogP contribution is 2.33. The third-order valence-corrected chi connectivity index (χ3v) is 6.93. The van der Waals surface area contributed by atoms with E-state index in [1.54, 1.807) is 11.3 Å². The summed E-state index contributed by atoms with van der Waals surface area (Å²) in [5, 5.41) is 6.73. The summed E-state index contributed by atoms with van der Waals surface area (Å²) < 4.78 is 0. The van der Waals surface area contributed by atoms with E-state index >= 15 is 0 Å². The first-order chi connectivity index (χ1) is 14.9. The van der Waals surface area contributed by atoms with E-state index in [9.17, 15) is 9.59 Å². The molecule has 1 aromatic carbocycles. The molecule has 0 aliphatic rings. The number of benzene rings is 1. The number of Topliss-reactive ketones (excluding diaryl/α,β-unsaturated/α-hetero) is 2. The van der Waals surface area contributed by atoms with Crippen LogP contribution < -0.4 is 5.32 Å². The van der Waals surface area contributed by atoms with Crippen molar-refractivity contribution < 1.29 is 9.59 Å². The molecule has 3 heterocycles. The number of aryl methyl sites for hydroxylation is 1. The van der Waals surface area contributed by atoms with Crippen molar-refractivity contribution >= 4 is 33.8 Å². The number of fused-ring (bicyclic) bond motifs is 1. The molecule has 3 N–H and O–H groups in total. The summed E-state index contributed by atoms with van der Waals surface area (Å²) in [5.41, 5.74) is 4.94. The number of thiophene rings is 1. The Morgan fingerprint density at radius 1 is 1.13 bits per heavy atom. The average molecular weight is 434 g/mol. The Hall–Kier alpha value is -2.96. The minimum Gasteiger partial charge on any atom is -0.361 e. The number of nitrogens with one attached hydrogen (secondary N) is 3. The van der Waals surface area contributed by atoms with Crippen molar-refractivity contribution in [3.63, 3.8) is 0 Å². The smallest absolute Gasteiger partial charge is 0.195 e. The minimum atomic E-state index is -0.385. The van der Waals surface area contributed by atoms with Gasteiger partial charge in [-0.15, -0.1) is 11.3 Å². The van der Waals surface area contributed by atoms with Crippen LogP contribution in [0.4, 0.5) is 0 Å². The van der Waals surface area contributed by atoms with E-state index in [2.05, 4.69) is 51.1 Å². The second-order valence-corrected chi connectivity index (χ2v) is 9.01. The molecule has 2 atom stereocenters. The predicted molar refractivity (Wildman–Crippen MR) is 127 cm³/mol. The van der Waals surface area contributed by atoms with E-state index in [4.69, 9.17) is 0 Å². The van der Waals surface area contributed by atoms with Gasteiger partial charge in [-0.05, 0) is 56.3 Å². The summed E-state index contributed by atoms with van der Waals surface area (Å²) in [4.78, 5) is 32.8. The fraction of sp³-hybridized carbons (Fsp3) is 0.280. The van der Waals surface area contributed by atoms with Gasteiger partial charge in [-0.1, -0.05) is 24.3 Å². The maximum Gasteiger partial charge on any atom is 0.195 e. The van der Waals surface area contributed by atoms with Crippen LogP contribution in [-0.4, -0.2) is 34.1 Å². The quantitative estimate of drug-likeness (QED) is 0.327. The molecule has 0 radical (unpaired) electrons. The molecule has 0 aliphatic heterocycles. The van der Waals surface area contributed by atoms with Crippen LogP contribution in [0.25, 0.3) is 10.9 Å². The van der Waals surface area contributed by atoms with Crippen molar-refractivity contribution in [1.29, 1.82) is 0 Å². The maximum absolute atomic E-state index is 13.1. The van der Waals surface area contributed by atoms with Gasteiger partial charge < -0.3 is 15.3 Å². The van der Waals surface area contributed by atoms with Crippen LogP contribution >= 0.6 is 11.3 Å². The monoisotopic (exact) mass is 433 g/mol. The van der Waals surface area contributed by atoms with Gasteiger partial charge in [-0.2, -0.15) is 0 Å². The van der Waals surface area contributed by atoms with Gasteiger partial charge in [0, 0.05) is 45.7 Å². The van der Waals surface area contributed by atoms with E-state index in [1.807, 2.05) is 32.9 Å². The normalized spacial score (nSPS) is 13.4. The highest BCUT2D eigenvalue weighted by atomic mass is 32.1. The number of H-pyrrole nitrogens is 2. The summed E-state index contributed by atoms with van der Waals surface area (Å²) in [6, 6.07) is 12.1. The molecule has 4 rings (SSSR count). The van der Waals surface area contributed by atoms with Crippen molar-refractivity contribution in [2.24, 2.45) is 0 Å². The van der Waals surface area contributed by atoms with E-state index in [1.165, 1.54) is 22.8 Å². The number of hydrogen-bond acceptors (Lipinski definition) is 4. The summed E-state index contributed by atoms with van der Waals surface area (Å²) in [6.45, 7) is 7.72. The lowest BCUT2D eigenvalue weighted by molar-refractivity contribution is 0.0945. The van der Waals surface area contributed by atoms with Crippen molar-refractivity contribution in [1.82, 2.24) is 15.3 Å². The molecule has 0 spiro atoms. The number of rotatable bonds is 8. The molecular formula is C25H27N3O2S. The summed E-state index contributed by atoms with van der Waals surface area (Å²) in [5.74, 6) is 0.0746. The van der Waals surface area contributed by atoms with E-state index in [-0.39, 0.29) is 23.5 Å². The third kappa shape index (κ3) is 4.01. The largest absolute Gasteiger partial charge is 0.361 e. The molecule has 0 amide bonds. The van der Waals surface area contributed by atoms with Crippen molar-refractivity contribution in [3.8, 4) is 0 Å². The number of para-hydroxylation sites is 1. The van der Waals surface area contributed by atoms with Crippen LogP contribution in [-0.2, 0) is 0 Å². The Labute approximate surface area is 185 Å². The number of ketones is 2. The van der Waals surface area contributed by atoms with Crippen molar-refractivity contribution in [2.75, 3.05) is 6.54 Å². The molecule has 0 aliphatic carbocycles. The summed E-state index contributed by atoms with van der Waals surface area (Å²) in [7, 11) is 0. The van der Waals surface area contributed by atoms with Crippen LogP contribution in [0.3, 0.4) is 0 Å². The highest BCUT2D eigenvalue weighted by Gasteiger charge is 2.25. The number of hydrogen-bond donors (Lipinski definition) is 3. The van der Waals surface area contributed by atoms with Gasteiger partial charge in [0.1, 0.15) is 0 Å². The van der Waals surface area contributed by atoms with E-state index < -0.39 is 0 Å². The van der Waals surface area contributed by atoms with Crippen molar-refractivity contribution in [3.05, 3.63) is 80.9 Å². The molecule has 31 heavy (non-hydrogen) atoms. The Balaban J connectivity index is 1.57. The lowest BCUT2D eigenvalue weighted by Gasteiger charge is -2.19. The second kappa shape index (κ2) is 8.65. The number of aromatic amines is 2. The molecule has 5 nitrogen and oxygen atoms in total. The van der Waals surface area contributed by atoms with Gasteiger partial charge >= 0.3 is 0 Å². The molecule has 160 valence electrons. The first-order valence-electron chi connectivity index (χ1n) is 10.5. The van der Waals surface area contributed by atoms with Crippen LogP contribution in [0.1, 0.15) is 62.3 Å². The second-order valence-electron chi connectivity index (χ2n) is 8.03. The Bertz CT molecular complexity index is 1230. The van der Waals surface area contributed by atoms with Gasteiger partial charge in [0.2, 0.25) is 0 Å². The zero-order valence-corrected chi connectivity index (χ0v) is 19.0. The predicted octanol–water partition coefficient (Wildman–Crippen LogP) is 5.37. The lowest BCUT2D eigenvalue weighted by Crippen LogP contribution is -2.37. The standard InChI is InChI=1S/C25H27N3O2S/c1-14-23(17(4)29)15(2)28-24(14)25(30)16(3)26-13-20(22-10-7-11-31-22)19-12-27-21-9-6-5-8-18(19)21/h5-12,16,20,26-28H,13H2,1-4H3/t16-,20+/m0/s1. The van der Waals surface area contributed by atoms with Gasteiger partial charge in [-0.25, -0.2) is 0 Å². The SMILES string of the molecule is CC(=O)c1c(C)[nH]c(C(=O)[C@H](C)NC[C@@H](c2cccs2)c2c[nH]c3ccccc23)c1C. The molecule has 3 aromatic heterocycles. The van der Waals surface area contributed by atoms with E-state index in [0.29, 0.717) is 17.8 Å². The van der Waals surface area contributed by atoms with E-state index in [0.717, 1.165) is 16.8 Å². The third-order valence-electron chi connectivity index (χ3n) is 5.94. The summed E-state index contributed by atoms with van der Waals surface area (Å²) >= 11 is 1.72.